The van der Waals surface area contributed by atoms with Gasteiger partial charge in [-0.1, -0.05) is 15.9 Å². The third kappa shape index (κ3) is 3.73. The van der Waals surface area contributed by atoms with E-state index in [0.717, 1.165) is 33.5 Å². The lowest BCUT2D eigenvalue weighted by atomic mass is 10.1. The molecule has 0 spiro atoms. The van der Waals surface area contributed by atoms with Gasteiger partial charge >= 0.3 is 0 Å². The van der Waals surface area contributed by atoms with Gasteiger partial charge in [0.2, 0.25) is 0 Å². The SMILES string of the molecule is CCOc1cc2c(cc1CNC(=O)c1ccc(Br)cc1)O[C@@H](C)C2. The Morgan fingerprint density at radius 3 is 2.79 bits per heavy atom. The predicted octanol–water partition coefficient (Wildman–Crippen LogP) is 4.10. The van der Waals surface area contributed by atoms with E-state index in [1.807, 2.05) is 31.2 Å². The Morgan fingerprint density at radius 2 is 2.08 bits per heavy atom. The Bertz CT molecular complexity index is 743. The number of carbonyl (C=O) groups is 1. The molecule has 2 aromatic rings. The molecule has 0 aromatic heterocycles. The van der Waals surface area contributed by atoms with E-state index in [0.29, 0.717) is 18.7 Å². The molecule has 0 saturated carbocycles. The molecule has 4 nitrogen and oxygen atoms in total. The number of hydrogen-bond acceptors (Lipinski definition) is 3. The topological polar surface area (TPSA) is 47.6 Å². The quantitative estimate of drug-likeness (QED) is 0.836. The molecule has 0 unspecified atom stereocenters. The van der Waals surface area contributed by atoms with Crippen molar-refractivity contribution in [1.82, 2.24) is 5.32 Å². The summed E-state index contributed by atoms with van der Waals surface area (Å²) in [6, 6.07) is 11.3. The number of halogens is 1. The van der Waals surface area contributed by atoms with Crippen molar-refractivity contribution in [2.45, 2.75) is 32.9 Å². The van der Waals surface area contributed by atoms with Crippen LogP contribution >= 0.6 is 15.9 Å². The molecule has 1 aliphatic rings. The molecule has 5 heteroatoms. The van der Waals surface area contributed by atoms with Gasteiger partial charge in [-0.15, -0.1) is 0 Å². The highest BCUT2D eigenvalue weighted by atomic mass is 79.9. The van der Waals surface area contributed by atoms with Gasteiger partial charge in [-0.05, 0) is 50.2 Å². The van der Waals surface area contributed by atoms with Crippen LogP contribution < -0.4 is 14.8 Å². The van der Waals surface area contributed by atoms with Gasteiger partial charge in [0.05, 0.1) is 6.61 Å². The van der Waals surface area contributed by atoms with Gasteiger partial charge in [0.1, 0.15) is 17.6 Å². The zero-order valence-corrected chi connectivity index (χ0v) is 15.4. The zero-order valence-electron chi connectivity index (χ0n) is 13.8. The normalized spacial score (nSPS) is 15.5. The number of ether oxygens (including phenoxy) is 2. The molecule has 1 aliphatic heterocycles. The third-order valence-corrected chi connectivity index (χ3v) is 4.45. The summed E-state index contributed by atoms with van der Waals surface area (Å²) in [6.07, 6.45) is 1.07. The van der Waals surface area contributed by atoms with Crippen LogP contribution in [0.4, 0.5) is 0 Å². The number of hydrogen-bond donors (Lipinski definition) is 1. The van der Waals surface area contributed by atoms with E-state index >= 15 is 0 Å². The monoisotopic (exact) mass is 389 g/mol. The van der Waals surface area contributed by atoms with Crippen molar-refractivity contribution in [3.63, 3.8) is 0 Å². The lowest BCUT2D eigenvalue weighted by Gasteiger charge is -2.13. The average Bonchev–Trinajstić information content (AvgIpc) is 2.92. The molecule has 0 saturated heterocycles. The molecule has 2 aromatic carbocycles. The van der Waals surface area contributed by atoms with Crippen LogP contribution in [0.5, 0.6) is 11.5 Å². The summed E-state index contributed by atoms with van der Waals surface area (Å²) in [7, 11) is 0. The van der Waals surface area contributed by atoms with Crippen LogP contribution in [0.2, 0.25) is 0 Å². The third-order valence-electron chi connectivity index (χ3n) is 3.92. The number of benzene rings is 2. The summed E-state index contributed by atoms with van der Waals surface area (Å²) < 4.78 is 12.5. The fourth-order valence-corrected chi connectivity index (χ4v) is 3.05. The van der Waals surface area contributed by atoms with Gasteiger partial charge in [0.25, 0.3) is 5.91 Å². The van der Waals surface area contributed by atoms with E-state index in [2.05, 4.69) is 28.2 Å². The first-order valence-electron chi connectivity index (χ1n) is 8.06. The van der Waals surface area contributed by atoms with Crippen LogP contribution in [-0.4, -0.2) is 18.6 Å². The second-order valence-electron chi connectivity index (χ2n) is 5.82. The van der Waals surface area contributed by atoms with E-state index in [1.165, 1.54) is 0 Å². The molecule has 1 N–H and O–H groups in total. The highest BCUT2D eigenvalue weighted by Gasteiger charge is 2.22. The van der Waals surface area contributed by atoms with Crippen LogP contribution in [0.1, 0.15) is 35.3 Å². The van der Waals surface area contributed by atoms with Gasteiger partial charge in [-0.2, -0.15) is 0 Å². The number of carbonyl (C=O) groups excluding carboxylic acids is 1. The smallest absolute Gasteiger partial charge is 0.251 e. The number of fused-ring (bicyclic) bond motifs is 1. The van der Waals surface area contributed by atoms with Crippen LogP contribution in [-0.2, 0) is 13.0 Å². The second-order valence-corrected chi connectivity index (χ2v) is 6.74. The van der Waals surface area contributed by atoms with Crippen molar-refractivity contribution in [3.05, 3.63) is 57.6 Å². The molecule has 1 atom stereocenters. The minimum atomic E-state index is -0.111. The maximum atomic E-state index is 12.3. The molecule has 1 amide bonds. The molecular weight excluding hydrogens is 370 g/mol. The lowest BCUT2D eigenvalue weighted by molar-refractivity contribution is 0.0950. The summed E-state index contributed by atoms with van der Waals surface area (Å²) in [4.78, 5) is 12.3. The van der Waals surface area contributed by atoms with Gasteiger partial charge in [0, 0.05) is 34.1 Å². The van der Waals surface area contributed by atoms with Crippen molar-refractivity contribution in [2.75, 3.05) is 6.61 Å². The largest absolute Gasteiger partial charge is 0.494 e. The van der Waals surface area contributed by atoms with Gasteiger partial charge in [-0.25, -0.2) is 0 Å². The number of nitrogens with one attached hydrogen (secondary N) is 1. The van der Waals surface area contributed by atoms with Crippen molar-refractivity contribution in [2.24, 2.45) is 0 Å². The summed E-state index contributed by atoms with van der Waals surface area (Å²) in [5.41, 5.74) is 2.71. The Kier molecular flexibility index (Phi) is 5.09. The summed E-state index contributed by atoms with van der Waals surface area (Å²) in [5.74, 6) is 1.59. The standard InChI is InChI=1S/C19H20BrNO3/c1-3-23-17-9-14-8-12(2)24-18(14)10-15(17)11-21-19(22)13-4-6-16(20)7-5-13/h4-7,9-10,12H,3,8,11H2,1-2H3,(H,21,22)/t12-/m0/s1. The van der Waals surface area contributed by atoms with Crippen molar-refractivity contribution in [3.8, 4) is 11.5 Å². The maximum Gasteiger partial charge on any atom is 0.251 e. The Balaban J connectivity index is 1.75. The Hall–Kier alpha value is -2.01. The van der Waals surface area contributed by atoms with Crippen molar-refractivity contribution in [1.29, 1.82) is 0 Å². The average molecular weight is 390 g/mol. The highest BCUT2D eigenvalue weighted by molar-refractivity contribution is 9.10. The first kappa shape index (κ1) is 16.8. The van der Waals surface area contributed by atoms with Crippen molar-refractivity contribution < 1.29 is 14.3 Å². The minimum absolute atomic E-state index is 0.111. The van der Waals surface area contributed by atoms with Crippen LogP contribution in [0.25, 0.3) is 0 Å². The molecule has 126 valence electrons. The summed E-state index contributed by atoms with van der Waals surface area (Å²) >= 11 is 3.37. The lowest BCUT2D eigenvalue weighted by Crippen LogP contribution is -2.23. The molecule has 0 fully saturated rings. The molecule has 3 rings (SSSR count). The summed E-state index contributed by atoms with van der Waals surface area (Å²) in [6.45, 7) is 4.99. The first-order valence-corrected chi connectivity index (χ1v) is 8.85. The summed E-state index contributed by atoms with van der Waals surface area (Å²) in [5, 5.41) is 2.95. The molecule has 1 heterocycles. The predicted molar refractivity (Wildman–Crippen MR) is 96.7 cm³/mol. The minimum Gasteiger partial charge on any atom is -0.494 e. The first-order chi connectivity index (χ1) is 11.6. The van der Waals surface area contributed by atoms with Gasteiger partial charge < -0.3 is 14.8 Å². The van der Waals surface area contributed by atoms with Gasteiger partial charge in [-0.3, -0.25) is 4.79 Å². The van der Waals surface area contributed by atoms with Crippen LogP contribution in [0.15, 0.2) is 40.9 Å². The molecule has 0 aliphatic carbocycles. The zero-order chi connectivity index (χ0) is 17.1. The maximum absolute atomic E-state index is 12.3. The van der Waals surface area contributed by atoms with Crippen LogP contribution in [0.3, 0.4) is 0 Å². The van der Waals surface area contributed by atoms with E-state index in [1.54, 1.807) is 12.1 Å². The fourth-order valence-electron chi connectivity index (χ4n) is 2.79. The number of amides is 1. The Labute approximate surface area is 150 Å². The second kappa shape index (κ2) is 7.26. The van der Waals surface area contributed by atoms with Crippen molar-refractivity contribution >= 4 is 21.8 Å². The van der Waals surface area contributed by atoms with E-state index in [-0.39, 0.29) is 12.0 Å². The fraction of sp³-hybridized carbons (Fsp3) is 0.316. The number of rotatable bonds is 5. The van der Waals surface area contributed by atoms with Gasteiger partial charge in [0.15, 0.2) is 0 Å². The molecule has 0 bridgehead atoms. The Morgan fingerprint density at radius 1 is 1.33 bits per heavy atom. The molecule has 24 heavy (non-hydrogen) atoms. The molecule has 0 radical (unpaired) electrons. The highest BCUT2D eigenvalue weighted by Crippen LogP contribution is 2.35. The molecular formula is C19H20BrNO3. The van der Waals surface area contributed by atoms with E-state index < -0.39 is 0 Å². The van der Waals surface area contributed by atoms with E-state index in [4.69, 9.17) is 9.47 Å². The van der Waals surface area contributed by atoms with E-state index in [9.17, 15) is 4.79 Å². The van der Waals surface area contributed by atoms with Crippen LogP contribution in [0, 0.1) is 0 Å².